The van der Waals surface area contributed by atoms with E-state index in [1.165, 1.54) is 9.58 Å². The van der Waals surface area contributed by atoms with Crippen LogP contribution in [-0.4, -0.2) is 23.1 Å². The summed E-state index contributed by atoms with van der Waals surface area (Å²) >= 11 is 0. The van der Waals surface area contributed by atoms with E-state index in [4.69, 9.17) is 0 Å². The van der Waals surface area contributed by atoms with E-state index < -0.39 is 5.63 Å². The van der Waals surface area contributed by atoms with Gasteiger partial charge in [0.25, 0.3) is 5.91 Å². The number of rotatable bonds is 3. The summed E-state index contributed by atoms with van der Waals surface area (Å²) in [7, 11) is 3.30. The molecule has 0 saturated heterocycles. The number of H-pyrrole nitrogens is 1. The third kappa shape index (κ3) is 2.73. The van der Waals surface area contributed by atoms with Crippen LogP contribution in [0.25, 0.3) is 0 Å². The highest BCUT2D eigenvalue weighted by molar-refractivity contribution is 5.94. The van der Waals surface area contributed by atoms with Crippen molar-refractivity contribution in [3.05, 3.63) is 51.5 Å². The number of carbonyl (C=O) groups excluding carboxylic acids is 1. The number of nitrogens with zero attached hydrogens (tertiary/aromatic N) is 2. The predicted octanol–water partition coefficient (Wildman–Crippen LogP) is 0.373. The second-order valence-electron chi connectivity index (χ2n) is 4.51. The fourth-order valence-electron chi connectivity index (χ4n) is 1.74. The summed E-state index contributed by atoms with van der Waals surface area (Å²) in [6, 6.07) is 7.30. The van der Waals surface area contributed by atoms with Gasteiger partial charge in [0.1, 0.15) is 6.54 Å². The van der Waals surface area contributed by atoms with Gasteiger partial charge in [-0.2, -0.15) is 0 Å². The van der Waals surface area contributed by atoms with Gasteiger partial charge >= 0.3 is 11.3 Å². The number of nitrogens with one attached hydrogen (secondary N) is 1. The van der Waals surface area contributed by atoms with E-state index in [1.807, 2.05) is 19.1 Å². The van der Waals surface area contributed by atoms with Crippen LogP contribution in [0.4, 0.5) is 0 Å². The molecular formula is C13H16N3O3+. The Labute approximate surface area is 110 Å². The Morgan fingerprint density at radius 3 is 2.53 bits per heavy atom. The molecule has 0 aliphatic rings. The molecule has 2 aromatic rings. The zero-order valence-electron chi connectivity index (χ0n) is 11.1. The lowest BCUT2D eigenvalue weighted by Gasteiger charge is -2.14. The molecule has 1 aromatic heterocycles. The number of aryl methyl sites for hydroxylation is 2. The monoisotopic (exact) mass is 262 g/mol. The lowest BCUT2D eigenvalue weighted by molar-refractivity contribution is -0.746. The number of benzene rings is 1. The summed E-state index contributed by atoms with van der Waals surface area (Å²) in [6.07, 6.45) is 0. The number of hydrogen-bond acceptors (Lipinski definition) is 3. The highest BCUT2D eigenvalue weighted by Crippen LogP contribution is 2.07. The topological polar surface area (TPSA) is 70.2 Å². The van der Waals surface area contributed by atoms with Crippen molar-refractivity contribution in [2.45, 2.75) is 13.5 Å². The molecule has 100 valence electrons. The summed E-state index contributed by atoms with van der Waals surface area (Å²) < 4.78 is 6.10. The van der Waals surface area contributed by atoms with Gasteiger partial charge in [-0.1, -0.05) is 22.4 Å². The SMILES string of the molecule is Cc1ccc(C(=O)N(C)Cc2c(=O)o[nH][n+]2C)cc1. The van der Waals surface area contributed by atoms with E-state index in [9.17, 15) is 9.59 Å². The van der Waals surface area contributed by atoms with Gasteiger partial charge in [0.15, 0.2) is 7.05 Å². The molecule has 0 spiro atoms. The molecule has 0 aliphatic carbocycles. The molecule has 0 saturated carbocycles. The van der Waals surface area contributed by atoms with E-state index in [2.05, 4.69) is 9.79 Å². The number of aromatic amines is 1. The lowest BCUT2D eigenvalue weighted by Crippen LogP contribution is -2.40. The van der Waals surface area contributed by atoms with Crippen LogP contribution in [0.2, 0.25) is 0 Å². The van der Waals surface area contributed by atoms with E-state index in [0.29, 0.717) is 11.3 Å². The van der Waals surface area contributed by atoms with Crippen LogP contribution in [0.5, 0.6) is 0 Å². The maximum Gasteiger partial charge on any atom is 0.431 e. The van der Waals surface area contributed by atoms with Crippen LogP contribution in [-0.2, 0) is 13.6 Å². The minimum Gasteiger partial charge on any atom is -0.331 e. The molecule has 0 radical (unpaired) electrons. The molecule has 0 fully saturated rings. The van der Waals surface area contributed by atoms with Crippen LogP contribution >= 0.6 is 0 Å². The third-order valence-electron chi connectivity index (χ3n) is 2.95. The average Bonchev–Trinajstić information content (AvgIpc) is 2.70. The Kier molecular flexibility index (Phi) is 3.50. The minimum absolute atomic E-state index is 0.138. The Bertz CT molecular complexity index is 640. The smallest absolute Gasteiger partial charge is 0.331 e. The Morgan fingerprint density at radius 2 is 2.00 bits per heavy atom. The second-order valence-corrected chi connectivity index (χ2v) is 4.51. The summed E-state index contributed by atoms with van der Waals surface area (Å²) in [6.45, 7) is 2.15. The van der Waals surface area contributed by atoms with Gasteiger partial charge in [-0.3, -0.25) is 9.32 Å². The molecule has 6 nitrogen and oxygen atoms in total. The van der Waals surface area contributed by atoms with Gasteiger partial charge in [-0.15, -0.1) is 0 Å². The van der Waals surface area contributed by atoms with E-state index in [-0.39, 0.29) is 12.5 Å². The molecule has 1 amide bonds. The van der Waals surface area contributed by atoms with E-state index in [0.717, 1.165) is 5.56 Å². The molecular weight excluding hydrogens is 246 g/mol. The average molecular weight is 262 g/mol. The van der Waals surface area contributed by atoms with Crippen molar-refractivity contribution in [1.29, 1.82) is 0 Å². The van der Waals surface area contributed by atoms with Gasteiger partial charge in [0.05, 0.1) is 0 Å². The highest BCUT2D eigenvalue weighted by atomic mass is 16.5. The Balaban J connectivity index is 2.16. The molecule has 2 rings (SSSR count). The van der Waals surface area contributed by atoms with Gasteiger partial charge < -0.3 is 4.90 Å². The first-order chi connectivity index (χ1) is 8.99. The summed E-state index contributed by atoms with van der Waals surface area (Å²) in [5, 5.41) is 2.42. The van der Waals surface area contributed by atoms with Crippen molar-refractivity contribution < 1.29 is 14.0 Å². The maximum absolute atomic E-state index is 12.2. The molecule has 1 N–H and O–H groups in total. The molecule has 6 heteroatoms. The second kappa shape index (κ2) is 5.09. The normalized spacial score (nSPS) is 10.5. The largest absolute Gasteiger partial charge is 0.431 e. The molecule has 0 bridgehead atoms. The van der Waals surface area contributed by atoms with Gasteiger partial charge in [0.2, 0.25) is 0 Å². The van der Waals surface area contributed by atoms with Crippen LogP contribution < -0.4 is 10.3 Å². The highest BCUT2D eigenvalue weighted by Gasteiger charge is 2.22. The molecule has 1 aromatic carbocycles. The zero-order valence-corrected chi connectivity index (χ0v) is 11.1. The molecule has 0 aliphatic heterocycles. The summed E-state index contributed by atoms with van der Waals surface area (Å²) in [5.74, 6) is -0.138. The Morgan fingerprint density at radius 1 is 1.37 bits per heavy atom. The van der Waals surface area contributed by atoms with Gasteiger partial charge in [-0.05, 0) is 24.3 Å². The predicted molar refractivity (Wildman–Crippen MR) is 67.5 cm³/mol. The van der Waals surface area contributed by atoms with Crippen LogP contribution in [0.15, 0.2) is 33.6 Å². The van der Waals surface area contributed by atoms with Gasteiger partial charge in [-0.25, -0.2) is 4.79 Å². The van der Waals surface area contributed by atoms with E-state index >= 15 is 0 Å². The summed E-state index contributed by atoms with van der Waals surface area (Å²) in [5.41, 5.74) is 1.61. The molecule has 19 heavy (non-hydrogen) atoms. The molecule has 1 heterocycles. The van der Waals surface area contributed by atoms with Crippen molar-refractivity contribution in [3.63, 3.8) is 0 Å². The number of hydrogen-bond donors (Lipinski definition) is 1. The van der Waals surface area contributed by atoms with Crippen molar-refractivity contribution in [2.24, 2.45) is 7.05 Å². The fraction of sp³-hybridized carbons (Fsp3) is 0.308. The number of aromatic nitrogens is 2. The quantitative estimate of drug-likeness (QED) is 0.813. The zero-order chi connectivity index (χ0) is 14.0. The minimum atomic E-state index is -0.467. The van der Waals surface area contributed by atoms with Crippen molar-refractivity contribution in [3.8, 4) is 0 Å². The molecule has 0 atom stereocenters. The number of amides is 1. The van der Waals surface area contributed by atoms with Crippen molar-refractivity contribution in [1.82, 2.24) is 10.2 Å². The number of carbonyl (C=O) groups is 1. The molecule has 0 unspecified atom stereocenters. The maximum atomic E-state index is 12.2. The first kappa shape index (κ1) is 13.1. The van der Waals surface area contributed by atoms with Crippen molar-refractivity contribution in [2.75, 3.05) is 7.05 Å². The Hall–Kier alpha value is -2.37. The first-order valence-electron chi connectivity index (χ1n) is 5.87. The van der Waals surface area contributed by atoms with Crippen LogP contribution in [0.3, 0.4) is 0 Å². The van der Waals surface area contributed by atoms with Crippen LogP contribution in [0, 0.1) is 6.92 Å². The van der Waals surface area contributed by atoms with E-state index in [1.54, 1.807) is 26.2 Å². The lowest BCUT2D eigenvalue weighted by atomic mass is 10.1. The van der Waals surface area contributed by atoms with Crippen molar-refractivity contribution >= 4 is 5.91 Å². The first-order valence-corrected chi connectivity index (χ1v) is 5.87. The fourth-order valence-corrected chi connectivity index (χ4v) is 1.74. The van der Waals surface area contributed by atoms with Crippen LogP contribution in [0.1, 0.15) is 21.6 Å². The summed E-state index contributed by atoms with van der Waals surface area (Å²) in [4.78, 5) is 25.1. The third-order valence-corrected chi connectivity index (χ3v) is 2.95. The standard InChI is InChI=1S/C13H15N3O3/c1-9-4-6-10(7-5-9)12(17)15(2)8-11-13(18)19-14-16(11)3/h4-7H,8H2,1-3H3/p+1. The van der Waals surface area contributed by atoms with Gasteiger partial charge in [0, 0.05) is 12.6 Å².